The molecule has 200 valence electrons. The summed E-state index contributed by atoms with van der Waals surface area (Å²) in [5.41, 5.74) is 1.18. The summed E-state index contributed by atoms with van der Waals surface area (Å²) in [6, 6.07) is 13.2. The molecule has 1 saturated carbocycles. The van der Waals surface area contributed by atoms with E-state index in [1.54, 1.807) is 0 Å². The normalized spacial score (nSPS) is 17.5. The second-order valence-electron chi connectivity index (χ2n) is 9.59. The lowest BCUT2D eigenvalue weighted by atomic mass is 9.81. The number of carbonyl (C=O) groups excluding carboxylic acids is 1. The molecule has 1 heterocycles. The highest BCUT2D eigenvalue weighted by Crippen LogP contribution is 2.30. The minimum atomic E-state index is -4.76. The largest absolute Gasteiger partial charge is 0.573 e. The lowest BCUT2D eigenvalue weighted by molar-refractivity contribution is -0.274. The highest BCUT2D eigenvalue weighted by atomic mass is 19.4. The number of hydrogen-bond donors (Lipinski definition) is 1. The Bertz CT molecular complexity index is 1180. The van der Waals surface area contributed by atoms with E-state index in [-0.39, 0.29) is 17.2 Å². The van der Waals surface area contributed by atoms with Crippen LogP contribution in [-0.2, 0) is 0 Å². The second-order valence-corrected chi connectivity index (χ2v) is 9.59. The van der Waals surface area contributed by atoms with E-state index in [4.69, 9.17) is 0 Å². The van der Waals surface area contributed by atoms with Gasteiger partial charge < -0.3 is 15.0 Å². The molecule has 1 amide bonds. The van der Waals surface area contributed by atoms with E-state index in [0.29, 0.717) is 12.5 Å². The standard InChI is InChI=1S/C17H22F3NO2.C11H13N3/c1-2-12-6-8-13(9-7-12)11-21-16(22)14-4-3-5-15(10-14)23-17(18,19)20;1-8-12-10-7-5-4-6-9(10)11(13-8)14(2)3/h3-5,10,12-13H,2,6-9,11H2,1H3,(H,21,22);4-7H,1-3H3. The van der Waals surface area contributed by atoms with E-state index in [2.05, 4.69) is 26.9 Å². The molecule has 2 aromatic carbocycles. The molecule has 6 nitrogen and oxygen atoms in total. The Hall–Kier alpha value is -3.36. The molecule has 1 N–H and O–H groups in total. The van der Waals surface area contributed by atoms with Crippen LogP contribution in [0.15, 0.2) is 48.5 Å². The molecule has 1 aliphatic rings. The number of aryl methyl sites for hydroxylation is 1. The third-order valence-electron chi connectivity index (χ3n) is 6.54. The summed E-state index contributed by atoms with van der Waals surface area (Å²) in [4.78, 5) is 22.9. The van der Waals surface area contributed by atoms with Gasteiger partial charge in [0.05, 0.1) is 5.52 Å². The summed E-state index contributed by atoms with van der Waals surface area (Å²) in [6.45, 7) is 4.68. The van der Waals surface area contributed by atoms with Gasteiger partial charge in [-0.2, -0.15) is 0 Å². The molecule has 0 unspecified atom stereocenters. The molecular formula is C28H35F3N4O2. The highest BCUT2D eigenvalue weighted by Gasteiger charge is 2.31. The first kappa shape index (κ1) is 28.2. The van der Waals surface area contributed by atoms with E-state index < -0.39 is 6.36 Å². The molecular weight excluding hydrogens is 481 g/mol. The first-order valence-corrected chi connectivity index (χ1v) is 12.6. The topological polar surface area (TPSA) is 67.3 Å². The van der Waals surface area contributed by atoms with Crippen molar-refractivity contribution in [3.8, 4) is 5.75 Å². The van der Waals surface area contributed by atoms with Gasteiger partial charge in [-0.3, -0.25) is 4.79 Å². The molecule has 0 bridgehead atoms. The Morgan fingerprint density at radius 3 is 2.35 bits per heavy atom. The molecule has 0 atom stereocenters. The Morgan fingerprint density at radius 1 is 1.03 bits per heavy atom. The summed E-state index contributed by atoms with van der Waals surface area (Å²) in [5.74, 6) is 2.29. The smallest absolute Gasteiger partial charge is 0.406 e. The minimum Gasteiger partial charge on any atom is -0.406 e. The maximum Gasteiger partial charge on any atom is 0.573 e. The van der Waals surface area contributed by atoms with Crippen LogP contribution in [0.25, 0.3) is 10.9 Å². The Kier molecular flexibility index (Phi) is 9.72. The molecule has 0 spiro atoms. The number of alkyl halides is 3. The molecule has 4 rings (SSSR count). The zero-order chi connectivity index (χ0) is 27.0. The molecule has 1 aliphatic carbocycles. The zero-order valence-corrected chi connectivity index (χ0v) is 21.8. The van der Waals surface area contributed by atoms with Crippen LogP contribution in [0.3, 0.4) is 0 Å². The van der Waals surface area contributed by atoms with Crippen molar-refractivity contribution >= 4 is 22.6 Å². The van der Waals surface area contributed by atoms with Crippen LogP contribution < -0.4 is 15.0 Å². The summed E-state index contributed by atoms with van der Waals surface area (Å²) in [7, 11) is 3.99. The van der Waals surface area contributed by atoms with Crippen molar-refractivity contribution in [3.63, 3.8) is 0 Å². The molecule has 0 aliphatic heterocycles. The number of benzene rings is 2. The Labute approximate surface area is 216 Å². The third-order valence-corrected chi connectivity index (χ3v) is 6.54. The predicted molar refractivity (Wildman–Crippen MR) is 140 cm³/mol. The molecule has 37 heavy (non-hydrogen) atoms. The van der Waals surface area contributed by atoms with Crippen LogP contribution in [0, 0.1) is 18.8 Å². The van der Waals surface area contributed by atoms with Gasteiger partial charge in [0.2, 0.25) is 0 Å². The Balaban J connectivity index is 0.000000231. The second kappa shape index (κ2) is 12.7. The number of amides is 1. The lowest BCUT2D eigenvalue weighted by Crippen LogP contribution is -2.31. The quantitative estimate of drug-likeness (QED) is 0.403. The first-order chi connectivity index (χ1) is 17.6. The number of halogens is 3. The fourth-order valence-corrected chi connectivity index (χ4v) is 4.53. The maximum absolute atomic E-state index is 12.2. The van der Waals surface area contributed by atoms with Crippen molar-refractivity contribution in [2.45, 2.75) is 52.3 Å². The van der Waals surface area contributed by atoms with E-state index in [9.17, 15) is 18.0 Å². The third kappa shape index (κ3) is 8.61. The SMILES string of the molecule is CCC1CCC(CNC(=O)c2cccc(OC(F)(F)F)c2)CC1.Cc1nc(N(C)C)c2ccccc2n1. The fraction of sp³-hybridized carbons (Fsp3) is 0.464. The number of anilines is 1. The number of carbonyl (C=O) groups is 1. The van der Waals surface area contributed by atoms with Gasteiger partial charge in [-0.1, -0.05) is 44.4 Å². The number of rotatable bonds is 6. The van der Waals surface area contributed by atoms with E-state index in [0.717, 1.165) is 47.4 Å². The Morgan fingerprint density at radius 2 is 1.70 bits per heavy atom. The van der Waals surface area contributed by atoms with Crippen LogP contribution >= 0.6 is 0 Å². The van der Waals surface area contributed by atoms with Gasteiger partial charge in [0.15, 0.2) is 0 Å². The summed E-state index contributed by atoms with van der Waals surface area (Å²) in [5, 5.41) is 3.92. The van der Waals surface area contributed by atoms with E-state index in [1.807, 2.05) is 50.2 Å². The van der Waals surface area contributed by atoms with Crippen LogP contribution in [0.5, 0.6) is 5.75 Å². The molecule has 3 aromatic rings. The molecule has 1 aromatic heterocycles. The molecule has 1 fully saturated rings. The van der Waals surface area contributed by atoms with Crippen molar-refractivity contribution < 1.29 is 22.7 Å². The zero-order valence-electron chi connectivity index (χ0n) is 21.8. The van der Waals surface area contributed by atoms with Crippen LogP contribution in [-0.4, -0.2) is 42.9 Å². The minimum absolute atomic E-state index is 0.175. The number of nitrogens with one attached hydrogen (secondary N) is 1. The fourth-order valence-electron chi connectivity index (χ4n) is 4.53. The van der Waals surface area contributed by atoms with Gasteiger partial charge >= 0.3 is 6.36 Å². The van der Waals surface area contributed by atoms with Crippen molar-refractivity contribution in [2.75, 3.05) is 25.5 Å². The van der Waals surface area contributed by atoms with Gasteiger partial charge in [0.1, 0.15) is 17.4 Å². The molecule has 0 saturated heterocycles. The molecule has 9 heteroatoms. The molecule has 0 radical (unpaired) electrons. The average molecular weight is 517 g/mol. The van der Waals surface area contributed by atoms with Gasteiger partial charge in [-0.15, -0.1) is 13.2 Å². The van der Waals surface area contributed by atoms with E-state index >= 15 is 0 Å². The summed E-state index contributed by atoms with van der Waals surface area (Å²) in [6.07, 6.45) is 1.00. The highest BCUT2D eigenvalue weighted by molar-refractivity contribution is 5.94. The van der Waals surface area contributed by atoms with Crippen LogP contribution in [0.4, 0.5) is 19.0 Å². The van der Waals surface area contributed by atoms with Crippen LogP contribution in [0.2, 0.25) is 0 Å². The number of fused-ring (bicyclic) bond motifs is 1. The first-order valence-electron chi connectivity index (χ1n) is 12.6. The van der Waals surface area contributed by atoms with Crippen molar-refractivity contribution in [1.29, 1.82) is 0 Å². The lowest BCUT2D eigenvalue weighted by Gasteiger charge is -2.27. The van der Waals surface area contributed by atoms with Gasteiger partial charge in [-0.05, 0) is 61.9 Å². The van der Waals surface area contributed by atoms with Gasteiger partial charge in [-0.25, -0.2) is 9.97 Å². The van der Waals surface area contributed by atoms with Crippen molar-refractivity contribution in [1.82, 2.24) is 15.3 Å². The summed E-state index contributed by atoms with van der Waals surface area (Å²) < 4.78 is 40.4. The number of hydrogen-bond acceptors (Lipinski definition) is 5. The number of aromatic nitrogens is 2. The average Bonchev–Trinajstić information content (AvgIpc) is 2.86. The number of ether oxygens (including phenoxy) is 1. The maximum atomic E-state index is 12.2. The van der Waals surface area contributed by atoms with Crippen molar-refractivity contribution in [2.24, 2.45) is 11.8 Å². The van der Waals surface area contributed by atoms with Crippen LogP contribution in [0.1, 0.15) is 55.2 Å². The number of nitrogens with zero attached hydrogens (tertiary/aromatic N) is 3. The van der Waals surface area contributed by atoms with Gasteiger partial charge in [0, 0.05) is 31.6 Å². The summed E-state index contributed by atoms with van der Waals surface area (Å²) >= 11 is 0. The van der Waals surface area contributed by atoms with Crippen molar-refractivity contribution in [3.05, 3.63) is 59.9 Å². The monoisotopic (exact) mass is 516 g/mol. The predicted octanol–water partition coefficient (Wildman–Crippen LogP) is 6.54. The van der Waals surface area contributed by atoms with E-state index in [1.165, 1.54) is 37.5 Å². The number of para-hydroxylation sites is 1. The van der Waals surface area contributed by atoms with Gasteiger partial charge in [0.25, 0.3) is 5.91 Å².